The van der Waals surface area contributed by atoms with Gasteiger partial charge < -0.3 is 15.0 Å². The van der Waals surface area contributed by atoms with Gasteiger partial charge in [-0.05, 0) is 18.3 Å². The third-order valence-corrected chi connectivity index (χ3v) is 1.98. The maximum Gasteiger partial charge on any atom is 0.213 e. The SMILES string of the molecule is CPOCc1ccc(OCCN)nc1. The summed E-state index contributed by atoms with van der Waals surface area (Å²) in [6, 6.07) is 3.77. The Hall–Kier alpha value is -0.700. The highest BCUT2D eigenvalue weighted by Crippen LogP contribution is 2.12. The third-order valence-electron chi connectivity index (χ3n) is 1.55. The van der Waals surface area contributed by atoms with Crippen LogP contribution < -0.4 is 10.5 Å². The van der Waals surface area contributed by atoms with Crippen molar-refractivity contribution in [2.75, 3.05) is 19.8 Å². The summed E-state index contributed by atoms with van der Waals surface area (Å²) in [5.41, 5.74) is 6.36. The standard InChI is InChI=1S/C9H15N2O2P/c1-14-13-7-8-2-3-9(11-6-8)12-5-4-10/h2-3,6,14H,4-5,7,10H2,1H3. The van der Waals surface area contributed by atoms with Gasteiger partial charge in [0.25, 0.3) is 0 Å². The maximum absolute atomic E-state index is 5.30. The van der Waals surface area contributed by atoms with Crippen LogP contribution in [-0.2, 0) is 11.1 Å². The van der Waals surface area contributed by atoms with Crippen LogP contribution >= 0.6 is 8.81 Å². The Morgan fingerprint density at radius 1 is 1.50 bits per heavy atom. The highest BCUT2D eigenvalue weighted by atomic mass is 31.1. The predicted octanol–water partition coefficient (Wildman–Crippen LogP) is 1.16. The molecule has 1 atom stereocenters. The number of hydrogen-bond acceptors (Lipinski definition) is 4. The molecular formula is C9H15N2O2P. The fraction of sp³-hybridized carbons (Fsp3) is 0.444. The third kappa shape index (κ3) is 4.01. The molecule has 1 unspecified atom stereocenters. The molecule has 78 valence electrons. The van der Waals surface area contributed by atoms with E-state index in [4.69, 9.17) is 15.0 Å². The molecule has 0 radical (unpaired) electrons. The number of nitrogens with zero attached hydrogens (tertiary/aromatic N) is 1. The molecule has 0 aromatic carbocycles. The molecule has 0 fully saturated rings. The number of nitrogens with two attached hydrogens (primary N) is 1. The highest BCUT2D eigenvalue weighted by molar-refractivity contribution is 7.31. The topological polar surface area (TPSA) is 57.4 Å². The van der Waals surface area contributed by atoms with Crippen LogP contribution in [0.1, 0.15) is 5.56 Å². The van der Waals surface area contributed by atoms with E-state index in [9.17, 15) is 0 Å². The molecule has 5 heteroatoms. The van der Waals surface area contributed by atoms with Gasteiger partial charge in [0.15, 0.2) is 0 Å². The summed E-state index contributed by atoms with van der Waals surface area (Å²) in [6.45, 7) is 3.61. The first kappa shape index (κ1) is 11.4. The minimum absolute atomic E-state index is 0.499. The first-order valence-electron chi connectivity index (χ1n) is 4.43. The number of hydrogen-bond donors (Lipinski definition) is 1. The van der Waals surface area contributed by atoms with Crippen LogP contribution in [0.2, 0.25) is 0 Å². The van der Waals surface area contributed by atoms with Gasteiger partial charge in [0.2, 0.25) is 5.88 Å². The fourth-order valence-corrected chi connectivity index (χ4v) is 1.21. The van der Waals surface area contributed by atoms with Crippen LogP contribution in [0.4, 0.5) is 0 Å². The Morgan fingerprint density at radius 2 is 2.36 bits per heavy atom. The van der Waals surface area contributed by atoms with Crippen molar-refractivity contribution in [1.29, 1.82) is 0 Å². The number of aromatic nitrogens is 1. The van der Waals surface area contributed by atoms with Gasteiger partial charge in [-0.3, -0.25) is 0 Å². The van der Waals surface area contributed by atoms with Gasteiger partial charge in [-0.2, -0.15) is 0 Å². The highest BCUT2D eigenvalue weighted by Gasteiger charge is 1.96. The second-order valence-corrected chi connectivity index (χ2v) is 3.33. The molecule has 1 rings (SSSR count). The molecule has 0 bridgehead atoms. The first-order chi connectivity index (χ1) is 6.86. The molecule has 0 amide bonds. The number of pyridine rings is 1. The maximum atomic E-state index is 5.30. The molecule has 1 aromatic rings. The van der Waals surface area contributed by atoms with Crippen LogP contribution in [-0.4, -0.2) is 24.8 Å². The van der Waals surface area contributed by atoms with Crippen LogP contribution in [0.15, 0.2) is 18.3 Å². The Bertz CT molecular complexity index is 226. The molecule has 1 aromatic heterocycles. The van der Waals surface area contributed by atoms with E-state index in [-0.39, 0.29) is 0 Å². The average molecular weight is 214 g/mol. The largest absolute Gasteiger partial charge is 0.476 e. The zero-order chi connectivity index (χ0) is 10.2. The monoisotopic (exact) mass is 214 g/mol. The lowest BCUT2D eigenvalue weighted by molar-refractivity contribution is 0.314. The molecule has 4 nitrogen and oxygen atoms in total. The minimum atomic E-state index is 0.499. The average Bonchev–Trinajstić information content (AvgIpc) is 2.25. The summed E-state index contributed by atoms with van der Waals surface area (Å²) in [6.07, 6.45) is 1.76. The van der Waals surface area contributed by atoms with Crippen LogP contribution in [0, 0.1) is 0 Å². The molecule has 1 heterocycles. The number of ether oxygens (including phenoxy) is 1. The van der Waals surface area contributed by atoms with Gasteiger partial charge in [0.1, 0.15) is 6.61 Å². The molecule has 0 saturated heterocycles. The van der Waals surface area contributed by atoms with E-state index in [1.165, 1.54) is 0 Å². The molecule has 0 aliphatic heterocycles. The zero-order valence-electron chi connectivity index (χ0n) is 8.19. The van der Waals surface area contributed by atoms with E-state index in [2.05, 4.69) is 4.98 Å². The van der Waals surface area contributed by atoms with E-state index < -0.39 is 0 Å². The van der Waals surface area contributed by atoms with Crippen LogP contribution in [0.3, 0.4) is 0 Å². The van der Waals surface area contributed by atoms with Crippen molar-refractivity contribution in [2.24, 2.45) is 5.73 Å². The van der Waals surface area contributed by atoms with Gasteiger partial charge in [0, 0.05) is 27.6 Å². The van der Waals surface area contributed by atoms with Gasteiger partial charge in [-0.15, -0.1) is 0 Å². The summed E-state index contributed by atoms with van der Waals surface area (Å²) in [4.78, 5) is 4.11. The summed E-state index contributed by atoms with van der Waals surface area (Å²) in [5, 5.41) is 0. The Balaban J connectivity index is 2.42. The van der Waals surface area contributed by atoms with Crippen LogP contribution in [0.25, 0.3) is 0 Å². The van der Waals surface area contributed by atoms with E-state index >= 15 is 0 Å². The molecule has 0 saturated carbocycles. The zero-order valence-corrected chi connectivity index (χ0v) is 9.19. The summed E-state index contributed by atoms with van der Waals surface area (Å²) >= 11 is 0. The molecule has 14 heavy (non-hydrogen) atoms. The van der Waals surface area contributed by atoms with Gasteiger partial charge in [0.05, 0.1) is 6.61 Å². The molecule has 0 spiro atoms. The van der Waals surface area contributed by atoms with Crippen molar-refractivity contribution in [3.8, 4) is 5.88 Å². The van der Waals surface area contributed by atoms with Crippen molar-refractivity contribution in [3.63, 3.8) is 0 Å². The minimum Gasteiger partial charge on any atom is -0.476 e. The second-order valence-electron chi connectivity index (χ2n) is 2.63. The van der Waals surface area contributed by atoms with Crippen molar-refractivity contribution in [2.45, 2.75) is 6.61 Å². The summed E-state index contributed by atoms with van der Waals surface area (Å²) < 4.78 is 10.5. The van der Waals surface area contributed by atoms with Crippen molar-refractivity contribution >= 4 is 8.81 Å². The Labute approximate surface area is 85.7 Å². The van der Waals surface area contributed by atoms with E-state index in [1.807, 2.05) is 18.8 Å². The molecule has 2 N–H and O–H groups in total. The summed E-state index contributed by atoms with van der Waals surface area (Å²) in [7, 11) is 0.505. The quantitative estimate of drug-likeness (QED) is 0.722. The molecule has 0 aliphatic carbocycles. The van der Waals surface area contributed by atoms with Crippen molar-refractivity contribution in [1.82, 2.24) is 4.98 Å². The van der Waals surface area contributed by atoms with Crippen LogP contribution in [0.5, 0.6) is 5.88 Å². The Kier molecular flexibility index (Phi) is 5.45. The van der Waals surface area contributed by atoms with E-state index in [0.717, 1.165) is 5.56 Å². The molecular weight excluding hydrogens is 199 g/mol. The molecule has 0 aliphatic rings. The van der Waals surface area contributed by atoms with Gasteiger partial charge >= 0.3 is 0 Å². The normalized spacial score (nSPS) is 11.0. The predicted molar refractivity (Wildman–Crippen MR) is 57.8 cm³/mol. The lowest BCUT2D eigenvalue weighted by Gasteiger charge is -2.04. The first-order valence-corrected chi connectivity index (χ1v) is 5.84. The van der Waals surface area contributed by atoms with E-state index in [1.54, 1.807) is 6.20 Å². The second kappa shape index (κ2) is 6.71. The summed E-state index contributed by atoms with van der Waals surface area (Å²) in [5.74, 6) is 0.609. The fourth-order valence-electron chi connectivity index (χ4n) is 0.901. The number of rotatable bonds is 6. The van der Waals surface area contributed by atoms with Crippen molar-refractivity contribution in [3.05, 3.63) is 23.9 Å². The van der Waals surface area contributed by atoms with Gasteiger partial charge in [-0.1, -0.05) is 0 Å². The van der Waals surface area contributed by atoms with Crippen molar-refractivity contribution < 1.29 is 9.26 Å². The lowest BCUT2D eigenvalue weighted by Crippen LogP contribution is -2.11. The van der Waals surface area contributed by atoms with E-state index in [0.29, 0.717) is 34.4 Å². The lowest BCUT2D eigenvalue weighted by atomic mass is 10.3. The van der Waals surface area contributed by atoms with Gasteiger partial charge in [-0.25, -0.2) is 4.98 Å². The smallest absolute Gasteiger partial charge is 0.213 e. The Morgan fingerprint density at radius 3 is 2.93 bits per heavy atom.